The van der Waals surface area contributed by atoms with E-state index in [1.807, 2.05) is 42.6 Å². The van der Waals surface area contributed by atoms with Crippen molar-refractivity contribution in [1.29, 1.82) is 0 Å². The van der Waals surface area contributed by atoms with Crippen LogP contribution >= 0.6 is 23.2 Å². The normalized spacial score (nSPS) is 17.5. The number of para-hydroxylation sites is 1. The number of aryl methyl sites for hydroxylation is 1. The number of benzene rings is 2. The van der Waals surface area contributed by atoms with Crippen LogP contribution < -0.4 is 15.4 Å². The van der Waals surface area contributed by atoms with E-state index >= 15 is 0 Å². The first kappa shape index (κ1) is 37.3. The fourth-order valence-corrected chi connectivity index (χ4v) is 6.19. The first-order chi connectivity index (χ1) is 23.6. The van der Waals surface area contributed by atoms with Gasteiger partial charge >= 0.3 is 6.03 Å². The molecule has 0 radical (unpaired) electrons. The van der Waals surface area contributed by atoms with Crippen molar-refractivity contribution in [2.75, 3.05) is 19.7 Å². The maximum atomic E-state index is 12.0. The zero-order valence-electron chi connectivity index (χ0n) is 27.2. The lowest BCUT2D eigenvalue weighted by Gasteiger charge is -2.25. The summed E-state index contributed by atoms with van der Waals surface area (Å²) in [6.45, 7) is -0.429. The summed E-state index contributed by atoms with van der Waals surface area (Å²) in [5.41, 5.74) is 4.44. The third-order valence-corrected chi connectivity index (χ3v) is 9.64. The maximum Gasteiger partial charge on any atom is 0.314 e. The molecule has 0 aliphatic heterocycles. The Morgan fingerprint density at radius 2 is 1.63 bits per heavy atom. The molecule has 1 heterocycles. The van der Waals surface area contributed by atoms with E-state index in [1.54, 1.807) is 6.20 Å². The highest BCUT2D eigenvalue weighted by Crippen LogP contribution is 2.53. The number of unbranched alkanes of at least 4 members (excludes halogenated alkanes) is 2. The Morgan fingerprint density at radius 1 is 0.918 bits per heavy atom. The molecule has 0 saturated heterocycles. The Balaban J connectivity index is 1.06. The first-order valence-corrected chi connectivity index (χ1v) is 17.5. The minimum absolute atomic E-state index is 0.289. The van der Waals surface area contributed by atoms with Crippen molar-refractivity contribution in [3.05, 3.63) is 81.6 Å². The smallest absolute Gasteiger partial charge is 0.314 e. The fourth-order valence-electron chi connectivity index (χ4n) is 5.66. The van der Waals surface area contributed by atoms with Crippen molar-refractivity contribution in [2.45, 2.75) is 94.1 Å². The van der Waals surface area contributed by atoms with E-state index in [-0.39, 0.29) is 12.6 Å². The molecule has 7 N–H and O–H groups in total. The highest BCUT2D eigenvalue weighted by molar-refractivity contribution is 6.34. The number of aromatic nitrogens is 1. The Bertz CT molecular complexity index is 1550. The van der Waals surface area contributed by atoms with Crippen LogP contribution in [0.2, 0.25) is 10.0 Å². The number of nitrogens with zero attached hydrogens (tertiary/aromatic N) is 1. The second-order valence-corrected chi connectivity index (χ2v) is 13.6. The quantitative estimate of drug-likeness (QED) is 0.0895. The van der Waals surface area contributed by atoms with Crippen LogP contribution in [-0.2, 0) is 23.4 Å². The van der Waals surface area contributed by atoms with Crippen molar-refractivity contribution in [3.8, 4) is 16.9 Å². The molecule has 2 fully saturated rings. The minimum Gasteiger partial charge on any atom is -0.490 e. The SMILES string of the molecule is O=C(NCCCCCc1cc(Cl)c(COC2(c3cnccc3-c3ccccc3OC3CC3)CC2)cc1Cl)NC[C@H](O)[C@@H](O)[C@H](O)[C@H](O)CO. The molecule has 0 spiro atoms. The Hall–Kier alpha value is -3.00. The van der Waals surface area contributed by atoms with Gasteiger partial charge in [-0.15, -0.1) is 0 Å². The van der Waals surface area contributed by atoms with Crippen molar-refractivity contribution in [2.24, 2.45) is 0 Å². The number of hydrogen-bond donors (Lipinski definition) is 7. The van der Waals surface area contributed by atoms with Crippen molar-refractivity contribution in [1.82, 2.24) is 15.6 Å². The molecule has 2 aromatic carbocycles. The monoisotopic (exact) mass is 717 g/mol. The van der Waals surface area contributed by atoms with E-state index in [0.717, 1.165) is 72.1 Å². The van der Waals surface area contributed by atoms with Crippen LogP contribution in [0, 0.1) is 0 Å². The molecule has 2 amide bonds. The summed E-state index contributed by atoms with van der Waals surface area (Å²) in [6, 6.07) is 13.4. The Labute approximate surface area is 296 Å². The summed E-state index contributed by atoms with van der Waals surface area (Å²) in [7, 11) is 0. The van der Waals surface area contributed by atoms with Crippen LogP contribution in [0.5, 0.6) is 5.75 Å². The standard InChI is InChI=1S/C36H45Cl2N3O8/c37-28-17-23(21-48-36(12-13-36)27-18-39-15-11-25(27)26-7-3-4-8-32(26)49-24-9-10-24)29(38)16-22(28)6-2-1-5-14-40-35(47)41-19-30(43)33(45)34(46)31(44)20-42/h3-4,7-8,11,15-18,24,30-31,33-34,42-46H,1-2,5-6,9-10,12-14,19-21H2,(H2,40,41,47)/t30-,31+,33+,34+/m0/s1. The van der Waals surface area contributed by atoms with E-state index in [0.29, 0.717) is 36.0 Å². The summed E-state index contributed by atoms with van der Waals surface area (Å²) >= 11 is 13.4. The highest BCUT2D eigenvalue weighted by Gasteiger charge is 2.48. The van der Waals surface area contributed by atoms with E-state index in [4.69, 9.17) is 37.8 Å². The topological polar surface area (TPSA) is 174 Å². The van der Waals surface area contributed by atoms with Crippen LogP contribution in [-0.4, -0.2) is 86.8 Å². The van der Waals surface area contributed by atoms with Crippen molar-refractivity contribution < 1.29 is 39.8 Å². The van der Waals surface area contributed by atoms with Crippen molar-refractivity contribution in [3.63, 3.8) is 0 Å². The summed E-state index contributed by atoms with van der Waals surface area (Å²) < 4.78 is 12.8. The highest BCUT2D eigenvalue weighted by atomic mass is 35.5. The molecule has 4 atom stereocenters. The molecule has 0 bridgehead atoms. The average Bonchev–Trinajstić information content (AvgIpc) is 4.06. The van der Waals surface area contributed by atoms with Gasteiger partial charge in [0.1, 0.15) is 24.1 Å². The van der Waals surface area contributed by atoms with E-state index in [9.17, 15) is 25.2 Å². The predicted molar refractivity (Wildman–Crippen MR) is 186 cm³/mol. The molecule has 1 aromatic heterocycles. The zero-order valence-corrected chi connectivity index (χ0v) is 28.7. The lowest BCUT2D eigenvalue weighted by molar-refractivity contribution is -0.113. The van der Waals surface area contributed by atoms with Gasteiger partial charge in [-0.25, -0.2) is 4.79 Å². The number of amides is 2. The number of nitrogens with one attached hydrogen (secondary N) is 2. The molecule has 2 aliphatic carbocycles. The second-order valence-electron chi connectivity index (χ2n) is 12.8. The van der Waals surface area contributed by atoms with Gasteiger partial charge in [0.05, 0.1) is 31.0 Å². The molecule has 5 rings (SSSR count). The number of carbonyl (C=O) groups excluding carboxylic acids is 1. The largest absolute Gasteiger partial charge is 0.490 e. The molecule has 3 aromatic rings. The van der Waals surface area contributed by atoms with Gasteiger partial charge in [-0.2, -0.15) is 0 Å². The van der Waals surface area contributed by atoms with E-state index in [1.165, 1.54) is 0 Å². The van der Waals surface area contributed by atoms with Gasteiger partial charge in [0, 0.05) is 46.7 Å². The molecule has 2 saturated carbocycles. The van der Waals surface area contributed by atoms with Gasteiger partial charge in [0.15, 0.2) is 0 Å². The number of carbonyl (C=O) groups is 1. The molecule has 2 aliphatic rings. The average molecular weight is 719 g/mol. The predicted octanol–water partition coefficient (Wildman–Crippen LogP) is 4.25. The van der Waals surface area contributed by atoms with Crippen LogP contribution in [0.15, 0.2) is 54.9 Å². The number of urea groups is 1. The number of aliphatic hydroxyl groups excluding tert-OH is 5. The minimum atomic E-state index is -1.75. The van der Waals surface area contributed by atoms with Crippen LogP contribution in [0.4, 0.5) is 4.79 Å². The number of aliphatic hydroxyl groups is 5. The van der Waals surface area contributed by atoms with Gasteiger partial charge in [-0.1, -0.05) is 47.8 Å². The van der Waals surface area contributed by atoms with E-state index in [2.05, 4.69) is 21.7 Å². The van der Waals surface area contributed by atoms with Crippen LogP contribution in [0.1, 0.15) is 61.6 Å². The Kier molecular flexibility index (Phi) is 13.1. The number of halogens is 2. The molecule has 266 valence electrons. The molecule has 49 heavy (non-hydrogen) atoms. The number of rotatable bonds is 19. The second kappa shape index (κ2) is 17.3. The molecule has 0 unspecified atom stereocenters. The fraction of sp³-hybridized carbons (Fsp3) is 0.500. The lowest BCUT2D eigenvalue weighted by Crippen LogP contribution is -2.50. The van der Waals surface area contributed by atoms with Crippen molar-refractivity contribution >= 4 is 29.2 Å². The van der Waals surface area contributed by atoms with Gasteiger partial charge in [-0.05, 0) is 85.9 Å². The summed E-state index contributed by atoms with van der Waals surface area (Å²) in [6.07, 6.45) is 4.34. The Morgan fingerprint density at radius 3 is 2.37 bits per heavy atom. The molecule has 13 heteroatoms. The van der Waals surface area contributed by atoms with Gasteiger partial charge < -0.3 is 45.6 Å². The summed E-state index contributed by atoms with van der Waals surface area (Å²) in [5, 5.41) is 53.9. The van der Waals surface area contributed by atoms with Gasteiger partial charge in [0.2, 0.25) is 0 Å². The number of pyridine rings is 1. The number of ether oxygens (including phenoxy) is 2. The molecular weight excluding hydrogens is 673 g/mol. The molecular formula is C36H45Cl2N3O8. The first-order valence-electron chi connectivity index (χ1n) is 16.8. The van der Waals surface area contributed by atoms with Gasteiger partial charge in [0.25, 0.3) is 0 Å². The van der Waals surface area contributed by atoms with Gasteiger partial charge in [-0.3, -0.25) is 4.98 Å². The van der Waals surface area contributed by atoms with Crippen LogP contribution in [0.3, 0.4) is 0 Å². The maximum absolute atomic E-state index is 12.0. The summed E-state index contributed by atoms with van der Waals surface area (Å²) in [4.78, 5) is 16.4. The summed E-state index contributed by atoms with van der Waals surface area (Å²) in [5.74, 6) is 0.879. The van der Waals surface area contributed by atoms with E-state index < -0.39 is 42.7 Å². The zero-order chi connectivity index (χ0) is 35.0. The third kappa shape index (κ3) is 10.0. The van der Waals surface area contributed by atoms with Crippen LogP contribution in [0.25, 0.3) is 11.1 Å². The lowest BCUT2D eigenvalue weighted by atomic mass is 9.96. The third-order valence-electron chi connectivity index (χ3n) is 8.94. The number of hydrogen-bond acceptors (Lipinski definition) is 9. The molecule has 11 nitrogen and oxygen atoms in total.